The summed E-state index contributed by atoms with van der Waals surface area (Å²) in [5.74, 6) is 0.527. The van der Waals surface area contributed by atoms with Crippen molar-refractivity contribution in [2.24, 2.45) is 0 Å². The van der Waals surface area contributed by atoms with E-state index in [4.69, 9.17) is 4.42 Å². The Morgan fingerprint density at radius 1 is 0.941 bits per heavy atom. The van der Waals surface area contributed by atoms with Gasteiger partial charge in [0.1, 0.15) is 17.2 Å². The molecule has 17 heavy (non-hydrogen) atoms. The molecule has 2 heteroatoms. The standard InChI is InChI=1S/C15H11FO/c1-10-2-4-11(5-3-10)15-9-12-8-13(16)6-7-14(12)17-15/h2-9H,1H3. The molecular weight excluding hydrogens is 215 g/mol. The summed E-state index contributed by atoms with van der Waals surface area (Å²) in [4.78, 5) is 0. The van der Waals surface area contributed by atoms with Crippen LogP contribution in [0, 0.1) is 12.7 Å². The van der Waals surface area contributed by atoms with E-state index in [9.17, 15) is 4.39 Å². The van der Waals surface area contributed by atoms with Gasteiger partial charge in [-0.2, -0.15) is 0 Å². The summed E-state index contributed by atoms with van der Waals surface area (Å²) < 4.78 is 18.7. The quantitative estimate of drug-likeness (QED) is 0.593. The lowest BCUT2D eigenvalue weighted by Gasteiger charge is -1.96. The molecular formula is C15H11FO. The van der Waals surface area contributed by atoms with Crippen LogP contribution in [0.3, 0.4) is 0 Å². The van der Waals surface area contributed by atoms with E-state index in [-0.39, 0.29) is 5.82 Å². The summed E-state index contributed by atoms with van der Waals surface area (Å²) in [5.41, 5.74) is 2.92. The maximum absolute atomic E-state index is 13.1. The van der Waals surface area contributed by atoms with Crippen molar-refractivity contribution in [3.63, 3.8) is 0 Å². The van der Waals surface area contributed by atoms with Crippen molar-refractivity contribution in [3.05, 3.63) is 59.9 Å². The smallest absolute Gasteiger partial charge is 0.135 e. The van der Waals surface area contributed by atoms with Crippen molar-refractivity contribution >= 4 is 11.0 Å². The zero-order chi connectivity index (χ0) is 11.8. The Balaban J connectivity index is 2.14. The third kappa shape index (κ3) is 1.82. The van der Waals surface area contributed by atoms with Gasteiger partial charge >= 0.3 is 0 Å². The van der Waals surface area contributed by atoms with Gasteiger partial charge in [0, 0.05) is 10.9 Å². The average molecular weight is 226 g/mol. The van der Waals surface area contributed by atoms with Crippen LogP contribution >= 0.6 is 0 Å². The van der Waals surface area contributed by atoms with Crippen LogP contribution in [0.5, 0.6) is 0 Å². The number of furan rings is 1. The molecule has 0 amide bonds. The Bertz CT molecular complexity index is 665. The number of benzene rings is 2. The zero-order valence-corrected chi connectivity index (χ0v) is 9.41. The van der Waals surface area contributed by atoms with Gasteiger partial charge in [0.2, 0.25) is 0 Å². The van der Waals surface area contributed by atoms with E-state index in [2.05, 4.69) is 0 Å². The minimum atomic E-state index is -0.242. The predicted octanol–water partition coefficient (Wildman–Crippen LogP) is 4.55. The molecule has 3 rings (SSSR count). The van der Waals surface area contributed by atoms with Gasteiger partial charge in [-0.25, -0.2) is 4.39 Å². The molecule has 0 saturated heterocycles. The molecule has 0 unspecified atom stereocenters. The van der Waals surface area contributed by atoms with Crippen molar-refractivity contribution in [1.82, 2.24) is 0 Å². The first kappa shape index (κ1) is 10.1. The fraction of sp³-hybridized carbons (Fsp3) is 0.0667. The molecule has 0 aliphatic heterocycles. The van der Waals surface area contributed by atoms with Crippen LogP contribution in [0.2, 0.25) is 0 Å². The lowest BCUT2D eigenvalue weighted by Crippen LogP contribution is -1.74. The predicted molar refractivity (Wildman–Crippen MR) is 66.3 cm³/mol. The lowest BCUT2D eigenvalue weighted by atomic mass is 10.1. The Kier molecular flexibility index (Phi) is 2.22. The van der Waals surface area contributed by atoms with E-state index in [1.165, 1.54) is 17.7 Å². The molecule has 1 aromatic heterocycles. The molecule has 1 heterocycles. The average Bonchev–Trinajstić information content (AvgIpc) is 2.72. The fourth-order valence-corrected chi connectivity index (χ4v) is 1.87. The molecule has 0 radical (unpaired) electrons. The molecule has 0 aliphatic rings. The maximum Gasteiger partial charge on any atom is 0.135 e. The Morgan fingerprint density at radius 3 is 2.47 bits per heavy atom. The molecule has 84 valence electrons. The van der Waals surface area contributed by atoms with Gasteiger partial charge in [-0.15, -0.1) is 0 Å². The van der Waals surface area contributed by atoms with Crippen molar-refractivity contribution < 1.29 is 8.81 Å². The molecule has 0 bridgehead atoms. The summed E-state index contributed by atoms with van der Waals surface area (Å²) in [6.45, 7) is 2.04. The van der Waals surface area contributed by atoms with E-state index in [1.807, 2.05) is 37.3 Å². The van der Waals surface area contributed by atoms with Crippen LogP contribution < -0.4 is 0 Å². The SMILES string of the molecule is Cc1ccc(-c2cc3cc(F)ccc3o2)cc1. The first-order valence-corrected chi connectivity index (χ1v) is 5.48. The van der Waals surface area contributed by atoms with E-state index in [0.717, 1.165) is 16.7 Å². The van der Waals surface area contributed by atoms with Gasteiger partial charge in [-0.3, -0.25) is 0 Å². The summed E-state index contributed by atoms with van der Waals surface area (Å²) in [5, 5.41) is 0.792. The first-order valence-electron chi connectivity index (χ1n) is 5.48. The Labute approximate surface area is 98.5 Å². The molecule has 0 aliphatic carbocycles. The van der Waals surface area contributed by atoms with Gasteiger partial charge in [-0.05, 0) is 31.2 Å². The summed E-state index contributed by atoms with van der Waals surface area (Å²) in [6.07, 6.45) is 0. The van der Waals surface area contributed by atoms with E-state index < -0.39 is 0 Å². The van der Waals surface area contributed by atoms with Gasteiger partial charge in [-0.1, -0.05) is 29.8 Å². The maximum atomic E-state index is 13.1. The third-order valence-electron chi connectivity index (χ3n) is 2.81. The highest BCUT2D eigenvalue weighted by atomic mass is 19.1. The summed E-state index contributed by atoms with van der Waals surface area (Å²) >= 11 is 0. The molecule has 0 saturated carbocycles. The van der Waals surface area contributed by atoms with E-state index in [0.29, 0.717) is 5.58 Å². The molecule has 0 fully saturated rings. The van der Waals surface area contributed by atoms with Crippen LogP contribution in [0.1, 0.15) is 5.56 Å². The molecule has 0 atom stereocenters. The van der Waals surface area contributed by atoms with Crippen LogP contribution in [0.15, 0.2) is 52.9 Å². The number of hydrogen-bond donors (Lipinski definition) is 0. The number of fused-ring (bicyclic) bond motifs is 1. The minimum Gasteiger partial charge on any atom is -0.456 e. The van der Waals surface area contributed by atoms with Crippen molar-refractivity contribution in [2.45, 2.75) is 6.92 Å². The van der Waals surface area contributed by atoms with Crippen molar-refractivity contribution in [3.8, 4) is 11.3 Å². The minimum absolute atomic E-state index is 0.242. The van der Waals surface area contributed by atoms with Crippen molar-refractivity contribution in [2.75, 3.05) is 0 Å². The molecule has 1 nitrogen and oxygen atoms in total. The summed E-state index contributed by atoms with van der Waals surface area (Å²) in [7, 11) is 0. The van der Waals surface area contributed by atoms with Gasteiger partial charge in [0.05, 0.1) is 0 Å². The Hall–Kier alpha value is -2.09. The van der Waals surface area contributed by atoms with E-state index in [1.54, 1.807) is 6.07 Å². The molecule has 0 spiro atoms. The molecule has 0 N–H and O–H groups in total. The second kappa shape index (κ2) is 3.74. The normalized spacial score (nSPS) is 10.9. The monoisotopic (exact) mass is 226 g/mol. The molecule has 3 aromatic rings. The third-order valence-corrected chi connectivity index (χ3v) is 2.81. The largest absolute Gasteiger partial charge is 0.456 e. The van der Waals surface area contributed by atoms with Crippen LogP contribution in [-0.4, -0.2) is 0 Å². The van der Waals surface area contributed by atoms with Crippen LogP contribution in [0.4, 0.5) is 4.39 Å². The van der Waals surface area contributed by atoms with Gasteiger partial charge in [0.15, 0.2) is 0 Å². The van der Waals surface area contributed by atoms with E-state index >= 15 is 0 Å². The highest BCUT2D eigenvalue weighted by Gasteiger charge is 2.06. The second-order valence-corrected chi connectivity index (χ2v) is 4.16. The zero-order valence-electron chi connectivity index (χ0n) is 9.41. The topological polar surface area (TPSA) is 13.1 Å². The number of halogens is 1. The molecule has 2 aromatic carbocycles. The highest BCUT2D eigenvalue weighted by molar-refractivity contribution is 5.82. The van der Waals surface area contributed by atoms with Gasteiger partial charge in [0.25, 0.3) is 0 Å². The Morgan fingerprint density at radius 2 is 1.71 bits per heavy atom. The second-order valence-electron chi connectivity index (χ2n) is 4.16. The number of hydrogen-bond acceptors (Lipinski definition) is 1. The lowest BCUT2D eigenvalue weighted by molar-refractivity contribution is 0.619. The number of rotatable bonds is 1. The van der Waals surface area contributed by atoms with Crippen molar-refractivity contribution in [1.29, 1.82) is 0 Å². The number of aryl methyl sites for hydroxylation is 1. The highest BCUT2D eigenvalue weighted by Crippen LogP contribution is 2.28. The van der Waals surface area contributed by atoms with Crippen LogP contribution in [-0.2, 0) is 0 Å². The van der Waals surface area contributed by atoms with Crippen LogP contribution in [0.25, 0.3) is 22.3 Å². The fourth-order valence-electron chi connectivity index (χ4n) is 1.87. The van der Waals surface area contributed by atoms with Gasteiger partial charge < -0.3 is 4.42 Å². The first-order chi connectivity index (χ1) is 8.22. The summed E-state index contributed by atoms with van der Waals surface area (Å²) in [6, 6.07) is 14.5.